The highest BCUT2D eigenvalue weighted by Gasteiger charge is 2.52. The molecule has 0 radical (unpaired) electrons. The summed E-state index contributed by atoms with van der Waals surface area (Å²) in [5, 5.41) is 0. The third kappa shape index (κ3) is 2.74. The number of halogens is 3. The highest BCUT2D eigenvalue weighted by molar-refractivity contribution is 5.88. The van der Waals surface area contributed by atoms with Gasteiger partial charge in [-0.3, -0.25) is 4.79 Å². The van der Waals surface area contributed by atoms with Crippen LogP contribution in [-0.4, -0.2) is 17.5 Å². The second kappa shape index (κ2) is 3.79. The van der Waals surface area contributed by atoms with Crippen LogP contribution in [0.25, 0.3) is 0 Å². The molecule has 0 saturated carbocycles. The Balaban J connectivity index is 4.48. The summed E-state index contributed by atoms with van der Waals surface area (Å²) in [5.41, 5.74) is 2.05. The van der Waals surface area contributed by atoms with Gasteiger partial charge in [-0.15, -0.1) is 12.3 Å². The molecular weight excluding hydrogens is 183 g/mol. The molecule has 1 atom stereocenters. The van der Waals surface area contributed by atoms with Gasteiger partial charge in [0.2, 0.25) is 0 Å². The molecule has 0 rings (SSSR count). The van der Waals surface area contributed by atoms with Crippen LogP contribution in [0.2, 0.25) is 0 Å². The number of ketones is 1. The van der Waals surface area contributed by atoms with Crippen LogP contribution in [0.1, 0.15) is 19.8 Å². The first-order chi connectivity index (χ1) is 5.73. The molecule has 74 valence electrons. The van der Waals surface area contributed by atoms with E-state index in [2.05, 4.69) is 5.92 Å². The summed E-state index contributed by atoms with van der Waals surface area (Å²) in [4.78, 5) is 10.9. The van der Waals surface area contributed by atoms with E-state index in [-0.39, 0.29) is 12.8 Å². The first-order valence-corrected chi connectivity index (χ1v) is 3.56. The van der Waals surface area contributed by atoms with E-state index in [1.165, 1.54) is 0 Å². The molecule has 0 aliphatic rings. The highest BCUT2D eigenvalue weighted by Crippen LogP contribution is 2.29. The van der Waals surface area contributed by atoms with Crippen LogP contribution in [-0.2, 0) is 4.79 Å². The van der Waals surface area contributed by atoms with Crippen molar-refractivity contribution in [2.45, 2.75) is 31.5 Å². The lowest BCUT2D eigenvalue weighted by atomic mass is 9.94. The molecule has 5 heteroatoms. The van der Waals surface area contributed by atoms with Gasteiger partial charge in [-0.25, -0.2) is 0 Å². The van der Waals surface area contributed by atoms with Gasteiger partial charge in [0.15, 0.2) is 11.3 Å². The lowest BCUT2D eigenvalue weighted by molar-refractivity contribution is -0.186. The van der Waals surface area contributed by atoms with Crippen molar-refractivity contribution >= 4 is 5.78 Å². The van der Waals surface area contributed by atoms with E-state index in [9.17, 15) is 18.0 Å². The van der Waals surface area contributed by atoms with Gasteiger partial charge >= 0.3 is 6.18 Å². The largest absolute Gasteiger partial charge is 0.413 e. The number of carbonyl (C=O) groups excluding carboxylic acids is 1. The van der Waals surface area contributed by atoms with E-state index >= 15 is 0 Å². The molecule has 0 saturated heterocycles. The van der Waals surface area contributed by atoms with Crippen LogP contribution < -0.4 is 5.73 Å². The Morgan fingerprint density at radius 3 is 2.31 bits per heavy atom. The standard InChI is InChI=1S/C8H10F3NO/c1-3-4-5-6(13)7(2,12)8(9,10)11/h1H,4-5,12H2,2H3. The average molecular weight is 193 g/mol. The summed E-state index contributed by atoms with van der Waals surface area (Å²) in [5.74, 6) is 0.993. The average Bonchev–Trinajstić information content (AvgIpc) is 1.97. The van der Waals surface area contributed by atoms with Crippen LogP contribution in [0, 0.1) is 12.3 Å². The predicted molar refractivity (Wildman–Crippen MR) is 41.7 cm³/mol. The SMILES string of the molecule is C#CCCC(=O)C(C)(N)C(F)(F)F. The van der Waals surface area contributed by atoms with Gasteiger partial charge in [-0.1, -0.05) is 0 Å². The normalized spacial score (nSPS) is 16.0. The van der Waals surface area contributed by atoms with Crippen molar-refractivity contribution in [3.63, 3.8) is 0 Å². The van der Waals surface area contributed by atoms with Crippen molar-refractivity contribution in [3.05, 3.63) is 0 Å². The highest BCUT2D eigenvalue weighted by atomic mass is 19.4. The van der Waals surface area contributed by atoms with E-state index in [4.69, 9.17) is 12.2 Å². The summed E-state index contributed by atoms with van der Waals surface area (Å²) in [7, 11) is 0. The summed E-state index contributed by atoms with van der Waals surface area (Å²) < 4.78 is 36.3. The fourth-order valence-corrected chi connectivity index (χ4v) is 0.603. The number of alkyl halides is 3. The van der Waals surface area contributed by atoms with Crippen LogP contribution in [0.5, 0.6) is 0 Å². The summed E-state index contributed by atoms with van der Waals surface area (Å²) in [6.45, 7) is 0.645. The number of hydrogen-bond donors (Lipinski definition) is 1. The van der Waals surface area contributed by atoms with Crippen molar-refractivity contribution in [2.75, 3.05) is 0 Å². The van der Waals surface area contributed by atoms with Gasteiger partial charge in [-0.2, -0.15) is 13.2 Å². The third-order valence-electron chi connectivity index (χ3n) is 1.66. The Labute approximate surface area is 74.3 Å². The first kappa shape index (κ1) is 12.0. The van der Waals surface area contributed by atoms with Crippen LogP contribution in [0.4, 0.5) is 13.2 Å². The van der Waals surface area contributed by atoms with E-state index < -0.39 is 17.5 Å². The molecule has 1 unspecified atom stereocenters. The quantitative estimate of drug-likeness (QED) is 0.685. The molecule has 0 aromatic heterocycles. The number of terminal acetylenes is 1. The topological polar surface area (TPSA) is 43.1 Å². The second-order valence-electron chi connectivity index (χ2n) is 2.83. The number of Topliss-reactive ketones (excluding diaryl/α,β-unsaturated/α-hetero) is 1. The molecule has 0 spiro atoms. The molecule has 0 amide bonds. The van der Waals surface area contributed by atoms with Gasteiger partial charge in [0.05, 0.1) is 0 Å². The smallest absolute Gasteiger partial charge is 0.312 e. The number of hydrogen-bond acceptors (Lipinski definition) is 2. The molecule has 0 aromatic carbocycles. The van der Waals surface area contributed by atoms with Crippen molar-refractivity contribution in [3.8, 4) is 12.3 Å². The van der Waals surface area contributed by atoms with Crippen LogP contribution in [0.15, 0.2) is 0 Å². The summed E-state index contributed by atoms with van der Waals surface area (Å²) in [6, 6.07) is 0. The van der Waals surface area contributed by atoms with Gasteiger partial charge in [0, 0.05) is 12.8 Å². The minimum atomic E-state index is -4.72. The zero-order valence-corrected chi connectivity index (χ0v) is 7.11. The van der Waals surface area contributed by atoms with Crippen LogP contribution >= 0.6 is 0 Å². The van der Waals surface area contributed by atoms with Gasteiger partial charge in [0.1, 0.15) is 0 Å². The van der Waals surface area contributed by atoms with E-state index in [0.717, 1.165) is 0 Å². The van der Waals surface area contributed by atoms with Crippen molar-refractivity contribution in [1.29, 1.82) is 0 Å². The first-order valence-electron chi connectivity index (χ1n) is 3.56. The monoisotopic (exact) mass is 193 g/mol. The molecule has 2 nitrogen and oxygen atoms in total. The maximum Gasteiger partial charge on any atom is 0.413 e. The van der Waals surface area contributed by atoms with E-state index in [1.807, 2.05) is 0 Å². The lowest BCUT2D eigenvalue weighted by Crippen LogP contribution is -2.57. The Bertz CT molecular complexity index is 237. The maximum absolute atomic E-state index is 12.1. The van der Waals surface area contributed by atoms with Crippen LogP contribution in [0.3, 0.4) is 0 Å². The molecule has 0 aliphatic heterocycles. The summed E-state index contributed by atoms with van der Waals surface area (Å²) >= 11 is 0. The van der Waals surface area contributed by atoms with Crippen molar-refractivity contribution < 1.29 is 18.0 Å². The zero-order chi connectivity index (χ0) is 10.7. The Morgan fingerprint density at radius 2 is 2.00 bits per heavy atom. The molecule has 0 aromatic rings. The fourth-order valence-electron chi connectivity index (χ4n) is 0.603. The molecule has 0 fully saturated rings. The van der Waals surface area contributed by atoms with Crippen molar-refractivity contribution in [2.24, 2.45) is 5.73 Å². The number of carbonyl (C=O) groups is 1. The molecule has 2 N–H and O–H groups in total. The zero-order valence-electron chi connectivity index (χ0n) is 7.11. The molecular formula is C8H10F3NO. The molecule has 0 bridgehead atoms. The lowest BCUT2D eigenvalue weighted by Gasteiger charge is -2.25. The predicted octanol–water partition coefficient (Wildman–Crippen LogP) is 1.25. The second-order valence-corrected chi connectivity index (χ2v) is 2.83. The Hall–Kier alpha value is -1.02. The maximum atomic E-state index is 12.1. The number of rotatable bonds is 3. The Morgan fingerprint density at radius 1 is 1.54 bits per heavy atom. The summed E-state index contributed by atoms with van der Waals surface area (Å²) in [6.07, 6.45) is -0.289. The van der Waals surface area contributed by atoms with Gasteiger partial charge in [0.25, 0.3) is 0 Å². The minimum Gasteiger partial charge on any atom is -0.312 e. The third-order valence-corrected chi connectivity index (χ3v) is 1.66. The number of nitrogens with two attached hydrogens (primary N) is 1. The van der Waals surface area contributed by atoms with E-state index in [0.29, 0.717) is 6.92 Å². The molecule has 0 heterocycles. The van der Waals surface area contributed by atoms with Gasteiger partial charge in [-0.05, 0) is 6.92 Å². The minimum absolute atomic E-state index is 0.0261. The molecule has 13 heavy (non-hydrogen) atoms. The van der Waals surface area contributed by atoms with E-state index in [1.54, 1.807) is 0 Å². The van der Waals surface area contributed by atoms with Gasteiger partial charge < -0.3 is 5.73 Å². The molecule has 0 aliphatic carbocycles. The van der Waals surface area contributed by atoms with Crippen molar-refractivity contribution in [1.82, 2.24) is 0 Å². The Kier molecular flexibility index (Phi) is 3.50. The fraction of sp³-hybridized carbons (Fsp3) is 0.625.